The van der Waals surface area contributed by atoms with Crippen LogP contribution in [-0.2, 0) is 0 Å². The van der Waals surface area contributed by atoms with Crippen LogP contribution < -0.4 is 5.32 Å². The molecule has 88 valence electrons. The Kier molecular flexibility index (Phi) is 4.31. The van der Waals surface area contributed by atoms with Crippen molar-refractivity contribution in [1.29, 1.82) is 0 Å². The summed E-state index contributed by atoms with van der Waals surface area (Å²) in [5, 5.41) is 3.52. The molecule has 1 aromatic heterocycles. The maximum atomic E-state index is 4.35. The Hall–Kier alpha value is -0.930. The number of pyridine rings is 1. The van der Waals surface area contributed by atoms with E-state index in [1.165, 1.54) is 25.9 Å². The second kappa shape index (κ2) is 5.97. The Labute approximate surface area is 97.9 Å². The zero-order chi connectivity index (χ0) is 11.2. The van der Waals surface area contributed by atoms with Crippen LogP contribution in [0.1, 0.15) is 31.5 Å². The molecule has 2 rings (SSSR count). The summed E-state index contributed by atoms with van der Waals surface area (Å²) >= 11 is 0. The molecule has 1 aliphatic rings. The third-order valence-corrected chi connectivity index (χ3v) is 3.21. The molecule has 2 heterocycles. The van der Waals surface area contributed by atoms with Crippen LogP contribution in [0.2, 0.25) is 0 Å². The van der Waals surface area contributed by atoms with Gasteiger partial charge in [-0.25, -0.2) is 0 Å². The van der Waals surface area contributed by atoms with E-state index in [1.807, 2.05) is 18.3 Å². The van der Waals surface area contributed by atoms with Crippen molar-refractivity contribution < 1.29 is 0 Å². The van der Waals surface area contributed by atoms with E-state index in [-0.39, 0.29) is 0 Å². The normalized spacial score (nSPS) is 18.8. The summed E-state index contributed by atoms with van der Waals surface area (Å²) in [5.74, 6) is 0. The highest BCUT2D eigenvalue weighted by molar-refractivity contribution is 5.07. The van der Waals surface area contributed by atoms with Gasteiger partial charge in [0.1, 0.15) is 0 Å². The monoisotopic (exact) mass is 219 g/mol. The number of hydrogen-bond acceptors (Lipinski definition) is 3. The number of nitrogens with zero attached hydrogens (tertiary/aromatic N) is 2. The van der Waals surface area contributed by atoms with E-state index in [1.54, 1.807) is 0 Å². The van der Waals surface area contributed by atoms with Crippen molar-refractivity contribution in [2.75, 3.05) is 26.2 Å². The van der Waals surface area contributed by atoms with Crippen molar-refractivity contribution in [3.63, 3.8) is 0 Å². The van der Waals surface area contributed by atoms with Gasteiger partial charge in [0.05, 0.1) is 5.69 Å². The zero-order valence-corrected chi connectivity index (χ0v) is 10.0. The first-order chi connectivity index (χ1) is 7.86. The van der Waals surface area contributed by atoms with Crippen molar-refractivity contribution >= 4 is 0 Å². The second-order valence-corrected chi connectivity index (χ2v) is 4.48. The second-order valence-electron chi connectivity index (χ2n) is 4.48. The molecule has 3 heteroatoms. The average Bonchev–Trinajstić information content (AvgIpc) is 2.83. The lowest BCUT2D eigenvalue weighted by molar-refractivity contribution is 0.329. The summed E-state index contributed by atoms with van der Waals surface area (Å²) in [6, 6.07) is 6.43. The number of likely N-dealkylation sites (tertiary alicyclic amines) is 1. The van der Waals surface area contributed by atoms with Gasteiger partial charge >= 0.3 is 0 Å². The molecular weight excluding hydrogens is 198 g/mol. The third kappa shape index (κ3) is 3.29. The maximum Gasteiger partial charge on any atom is 0.0570 e. The van der Waals surface area contributed by atoms with Gasteiger partial charge in [0.25, 0.3) is 0 Å². The fourth-order valence-corrected chi connectivity index (χ4v) is 2.18. The molecule has 1 saturated heterocycles. The molecule has 0 bridgehead atoms. The molecule has 0 radical (unpaired) electrons. The summed E-state index contributed by atoms with van der Waals surface area (Å²) in [7, 11) is 0. The van der Waals surface area contributed by atoms with Crippen LogP contribution in [0.4, 0.5) is 0 Å². The molecule has 1 atom stereocenters. The topological polar surface area (TPSA) is 28.2 Å². The molecular formula is C13H21N3. The predicted octanol–water partition coefficient (Wildman–Crippen LogP) is 1.83. The number of aromatic nitrogens is 1. The lowest BCUT2D eigenvalue weighted by Crippen LogP contribution is -2.31. The van der Waals surface area contributed by atoms with Gasteiger partial charge in [0.15, 0.2) is 0 Å². The molecule has 3 nitrogen and oxygen atoms in total. The SMILES string of the molecule is CC(NCCN1CCCC1)c1ccccn1. The first kappa shape index (κ1) is 11.6. The van der Waals surface area contributed by atoms with E-state index < -0.39 is 0 Å². The van der Waals surface area contributed by atoms with Gasteiger partial charge < -0.3 is 10.2 Å². The number of hydrogen-bond donors (Lipinski definition) is 1. The summed E-state index contributed by atoms with van der Waals surface area (Å²) in [5.41, 5.74) is 1.13. The Morgan fingerprint density at radius 3 is 2.88 bits per heavy atom. The largest absolute Gasteiger partial charge is 0.308 e. The predicted molar refractivity (Wildman–Crippen MR) is 66.3 cm³/mol. The maximum absolute atomic E-state index is 4.35. The highest BCUT2D eigenvalue weighted by Gasteiger charge is 2.11. The van der Waals surface area contributed by atoms with Crippen LogP contribution in [-0.4, -0.2) is 36.1 Å². The van der Waals surface area contributed by atoms with Gasteiger partial charge in [-0.15, -0.1) is 0 Å². The lowest BCUT2D eigenvalue weighted by atomic mass is 10.2. The fraction of sp³-hybridized carbons (Fsp3) is 0.615. The Morgan fingerprint density at radius 2 is 2.19 bits per heavy atom. The molecule has 1 fully saturated rings. The van der Waals surface area contributed by atoms with Crippen molar-refractivity contribution in [3.05, 3.63) is 30.1 Å². The minimum Gasteiger partial charge on any atom is -0.308 e. The summed E-state index contributed by atoms with van der Waals surface area (Å²) in [4.78, 5) is 6.88. The minimum atomic E-state index is 0.351. The number of rotatable bonds is 5. The van der Waals surface area contributed by atoms with Gasteiger partial charge in [-0.2, -0.15) is 0 Å². The van der Waals surface area contributed by atoms with Crippen molar-refractivity contribution in [3.8, 4) is 0 Å². The van der Waals surface area contributed by atoms with Gasteiger partial charge in [0.2, 0.25) is 0 Å². The third-order valence-electron chi connectivity index (χ3n) is 3.21. The highest BCUT2D eigenvalue weighted by atomic mass is 15.2. The van der Waals surface area contributed by atoms with Crippen LogP contribution in [0.25, 0.3) is 0 Å². The van der Waals surface area contributed by atoms with Gasteiger partial charge in [0, 0.05) is 25.3 Å². The molecule has 0 aliphatic carbocycles. The van der Waals surface area contributed by atoms with E-state index in [9.17, 15) is 0 Å². The van der Waals surface area contributed by atoms with Crippen LogP contribution >= 0.6 is 0 Å². The van der Waals surface area contributed by atoms with Gasteiger partial charge in [-0.05, 0) is 45.0 Å². The Balaban J connectivity index is 1.69. The van der Waals surface area contributed by atoms with Gasteiger partial charge in [-0.3, -0.25) is 4.98 Å². The lowest BCUT2D eigenvalue weighted by Gasteiger charge is -2.17. The van der Waals surface area contributed by atoms with Crippen molar-refractivity contribution in [2.45, 2.75) is 25.8 Å². The molecule has 1 aliphatic heterocycles. The van der Waals surface area contributed by atoms with E-state index in [0.717, 1.165) is 18.8 Å². The quantitative estimate of drug-likeness (QED) is 0.819. The molecule has 0 saturated carbocycles. The van der Waals surface area contributed by atoms with Gasteiger partial charge in [-0.1, -0.05) is 6.07 Å². The van der Waals surface area contributed by atoms with Crippen molar-refractivity contribution in [2.24, 2.45) is 0 Å². The zero-order valence-electron chi connectivity index (χ0n) is 10.0. The van der Waals surface area contributed by atoms with Crippen LogP contribution in [0, 0.1) is 0 Å². The Bertz CT molecular complexity index is 293. The van der Waals surface area contributed by atoms with E-state index in [2.05, 4.69) is 28.2 Å². The van der Waals surface area contributed by atoms with Crippen LogP contribution in [0.15, 0.2) is 24.4 Å². The molecule has 0 aromatic carbocycles. The highest BCUT2D eigenvalue weighted by Crippen LogP contribution is 2.08. The van der Waals surface area contributed by atoms with Crippen molar-refractivity contribution in [1.82, 2.24) is 15.2 Å². The molecule has 1 unspecified atom stereocenters. The van der Waals surface area contributed by atoms with E-state index >= 15 is 0 Å². The van der Waals surface area contributed by atoms with E-state index in [4.69, 9.17) is 0 Å². The van der Waals surface area contributed by atoms with Crippen LogP contribution in [0.3, 0.4) is 0 Å². The molecule has 0 spiro atoms. The summed E-state index contributed by atoms with van der Waals surface area (Å²) < 4.78 is 0. The number of nitrogens with one attached hydrogen (secondary N) is 1. The average molecular weight is 219 g/mol. The Morgan fingerprint density at radius 1 is 1.38 bits per heavy atom. The molecule has 16 heavy (non-hydrogen) atoms. The molecule has 1 N–H and O–H groups in total. The first-order valence-electron chi connectivity index (χ1n) is 6.23. The minimum absolute atomic E-state index is 0.351. The molecule has 0 amide bonds. The first-order valence-corrected chi connectivity index (χ1v) is 6.23. The van der Waals surface area contributed by atoms with E-state index in [0.29, 0.717) is 6.04 Å². The standard InChI is InChI=1S/C13H21N3/c1-12(13-6-2-3-7-15-13)14-8-11-16-9-4-5-10-16/h2-3,6-7,12,14H,4-5,8-11H2,1H3. The smallest absolute Gasteiger partial charge is 0.0570 e. The fourth-order valence-electron chi connectivity index (χ4n) is 2.18. The summed E-state index contributed by atoms with van der Waals surface area (Å²) in [6.07, 6.45) is 4.60. The van der Waals surface area contributed by atoms with Crippen LogP contribution in [0.5, 0.6) is 0 Å². The summed E-state index contributed by atoms with van der Waals surface area (Å²) in [6.45, 7) is 6.94. The molecule has 1 aromatic rings.